The van der Waals surface area contributed by atoms with Crippen molar-refractivity contribution in [2.45, 2.75) is 0 Å². The van der Waals surface area contributed by atoms with Crippen LogP contribution in [0.25, 0.3) is 0 Å². The van der Waals surface area contributed by atoms with E-state index in [1.165, 1.54) is 18.2 Å². The fourth-order valence-electron chi connectivity index (χ4n) is 1.16. The molecule has 0 bridgehead atoms. The summed E-state index contributed by atoms with van der Waals surface area (Å²) < 4.78 is 0. The SMILES string of the molecule is CNC/C=C/C(=O)Nc1ccc(C(=O)O)cc1. The van der Waals surface area contributed by atoms with E-state index in [9.17, 15) is 9.59 Å². The van der Waals surface area contributed by atoms with Crippen molar-refractivity contribution < 1.29 is 14.7 Å². The van der Waals surface area contributed by atoms with Gasteiger partial charge in [-0.05, 0) is 31.3 Å². The Balaban J connectivity index is 2.57. The first-order valence-electron chi connectivity index (χ1n) is 5.09. The van der Waals surface area contributed by atoms with E-state index in [1.807, 2.05) is 0 Å². The fraction of sp³-hybridized carbons (Fsp3) is 0.167. The zero-order valence-electron chi connectivity index (χ0n) is 9.43. The topological polar surface area (TPSA) is 78.4 Å². The van der Waals surface area contributed by atoms with Crippen LogP contribution in [0.1, 0.15) is 10.4 Å². The third kappa shape index (κ3) is 4.48. The number of rotatable bonds is 5. The zero-order chi connectivity index (χ0) is 12.7. The van der Waals surface area contributed by atoms with E-state index in [0.29, 0.717) is 12.2 Å². The van der Waals surface area contributed by atoms with Gasteiger partial charge in [0.25, 0.3) is 0 Å². The Kier molecular flexibility index (Phi) is 4.90. The normalized spacial score (nSPS) is 10.4. The number of carboxylic acids is 1. The lowest BCUT2D eigenvalue weighted by atomic mass is 10.2. The van der Waals surface area contributed by atoms with Crippen molar-refractivity contribution >= 4 is 17.6 Å². The Morgan fingerprint density at radius 1 is 1.29 bits per heavy atom. The molecule has 1 rings (SSSR count). The summed E-state index contributed by atoms with van der Waals surface area (Å²) in [5.41, 5.74) is 0.753. The zero-order valence-corrected chi connectivity index (χ0v) is 9.43. The summed E-state index contributed by atoms with van der Waals surface area (Å²) in [7, 11) is 1.78. The molecule has 3 N–H and O–H groups in total. The third-order valence-corrected chi connectivity index (χ3v) is 1.99. The molecule has 1 aromatic carbocycles. The number of hydrogen-bond acceptors (Lipinski definition) is 3. The summed E-state index contributed by atoms with van der Waals surface area (Å²) >= 11 is 0. The van der Waals surface area contributed by atoms with Crippen molar-refractivity contribution in [1.82, 2.24) is 5.32 Å². The number of hydrogen-bond donors (Lipinski definition) is 3. The first-order chi connectivity index (χ1) is 8.13. The maximum atomic E-state index is 11.4. The van der Waals surface area contributed by atoms with Gasteiger partial charge in [0.15, 0.2) is 0 Å². The molecule has 17 heavy (non-hydrogen) atoms. The van der Waals surface area contributed by atoms with Gasteiger partial charge in [-0.3, -0.25) is 4.79 Å². The van der Waals surface area contributed by atoms with Crippen LogP contribution in [0.3, 0.4) is 0 Å². The van der Waals surface area contributed by atoms with Gasteiger partial charge in [-0.15, -0.1) is 0 Å². The van der Waals surface area contributed by atoms with Crippen molar-refractivity contribution in [2.75, 3.05) is 18.9 Å². The largest absolute Gasteiger partial charge is 0.478 e. The molecule has 0 fully saturated rings. The summed E-state index contributed by atoms with van der Waals surface area (Å²) in [4.78, 5) is 22.0. The van der Waals surface area contributed by atoms with Crippen LogP contribution in [0, 0.1) is 0 Å². The monoisotopic (exact) mass is 234 g/mol. The molecule has 5 nitrogen and oxygen atoms in total. The van der Waals surface area contributed by atoms with Crippen LogP contribution in [0.4, 0.5) is 5.69 Å². The number of aromatic carboxylic acids is 1. The highest BCUT2D eigenvalue weighted by Gasteiger charge is 2.02. The highest BCUT2D eigenvalue weighted by molar-refractivity contribution is 5.99. The minimum atomic E-state index is -0.989. The molecule has 1 aromatic rings. The van der Waals surface area contributed by atoms with E-state index < -0.39 is 5.97 Å². The van der Waals surface area contributed by atoms with Gasteiger partial charge in [-0.1, -0.05) is 6.08 Å². The lowest BCUT2D eigenvalue weighted by Crippen LogP contribution is -2.10. The number of amides is 1. The first kappa shape index (κ1) is 12.9. The lowest BCUT2D eigenvalue weighted by molar-refractivity contribution is -0.111. The van der Waals surface area contributed by atoms with Crippen LogP contribution in [-0.4, -0.2) is 30.6 Å². The maximum Gasteiger partial charge on any atom is 0.335 e. The smallest absolute Gasteiger partial charge is 0.335 e. The van der Waals surface area contributed by atoms with Crippen molar-refractivity contribution in [1.29, 1.82) is 0 Å². The molecule has 0 atom stereocenters. The van der Waals surface area contributed by atoms with Crippen molar-refractivity contribution in [3.8, 4) is 0 Å². The predicted octanol–water partition coefficient (Wildman–Crippen LogP) is 1.10. The summed E-state index contributed by atoms with van der Waals surface area (Å²) in [5.74, 6) is -1.24. The Morgan fingerprint density at radius 3 is 2.47 bits per heavy atom. The van der Waals surface area contributed by atoms with Gasteiger partial charge in [0.05, 0.1) is 5.56 Å². The fourth-order valence-corrected chi connectivity index (χ4v) is 1.16. The van der Waals surface area contributed by atoms with E-state index in [2.05, 4.69) is 10.6 Å². The molecule has 5 heteroatoms. The van der Waals surface area contributed by atoms with Crippen molar-refractivity contribution in [3.63, 3.8) is 0 Å². The number of nitrogens with one attached hydrogen (secondary N) is 2. The van der Waals surface area contributed by atoms with E-state index in [4.69, 9.17) is 5.11 Å². The number of likely N-dealkylation sites (N-methyl/N-ethyl adjacent to an activating group) is 1. The second kappa shape index (κ2) is 6.44. The van der Waals surface area contributed by atoms with E-state index in [1.54, 1.807) is 25.3 Å². The number of benzene rings is 1. The Hall–Kier alpha value is -2.14. The molecule has 0 saturated heterocycles. The third-order valence-electron chi connectivity index (χ3n) is 1.99. The van der Waals surface area contributed by atoms with Gasteiger partial charge in [0.1, 0.15) is 0 Å². The molecule has 90 valence electrons. The molecule has 0 aromatic heterocycles. The molecule has 1 amide bonds. The first-order valence-corrected chi connectivity index (χ1v) is 5.09. The van der Waals surface area contributed by atoms with E-state index in [0.717, 1.165) is 0 Å². The van der Waals surface area contributed by atoms with Crippen LogP contribution in [0.2, 0.25) is 0 Å². The molecular formula is C12H14N2O3. The highest BCUT2D eigenvalue weighted by atomic mass is 16.4. The summed E-state index contributed by atoms with van der Waals surface area (Å²) in [5, 5.41) is 14.2. The maximum absolute atomic E-state index is 11.4. The van der Waals surface area contributed by atoms with Gasteiger partial charge in [0.2, 0.25) is 5.91 Å². The molecule has 0 aliphatic rings. The van der Waals surface area contributed by atoms with E-state index in [-0.39, 0.29) is 11.5 Å². The predicted molar refractivity (Wildman–Crippen MR) is 65.1 cm³/mol. The number of anilines is 1. The van der Waals surface area contributed by atoms with Gasteiger partial charge in [-0.2, -0.15) is 0 Å². The minimum absolute atomic E-state index is 0.189. The molecule has 0 spiro atoms. The molecule has 0 aliphatic carbocycles. The average Bonchev–Trinajstić information content (AvgIpc) is 2.30. The molecule has 0 unspecified atom stereocenters. The van der Waals surface area contributed by atoms with Crippen LogP contribution in [0.5, 0.6) is 0 Å². The Bertz CT molecular complexity index is 424. The molecule has 0 heterocycles. The standard InChI is InChI=1S/C12H14N2O3/c1-13-8-2-3-11(15)14-10-6-4-9(5-7-10)12(16)17/h2-7,13H,8H2,1H3,(H,14,15)(H,16,17)/b3-2+. The minimum Gasteiger partial charge on any atom is -0.478 e. The lowest BCUT2D eigenvalue weighted by Gasteiger charge is -2.02. The quantitative estimate of drug-likeness (QED) is 0.666. The van der Waals surface area contributed by atoms with Gasteiger partial charge < -0.3 is 15.7 Å². The molecule has 0 radical (unpaired) electrons. The number of carbonyl (C=O) groups excluding carboxylic acids is 1. The summed E-state index contributed by atoms with van der Waals surface area (Å²) in [6.45, 7) is 0.616. The number of carboxylic acid groups (broad SMARTS) is 1. The second-order valence-electron chi connectivity index (χ2n) is 3.33. The van der Waals surface area contributed by atoms with Gasteiger partial charge >= 0.3 is 5.97 Å². The molecule has 0 saturated carbocycles. The van der Waals surface area contributed by atoms with E-state index >= 15 is 0 Å². The van der Waals surface area contributed by atoms with Crippen LogP contribution < -0.4 is 10.6 Å². The van der Waals surface area contributed by atoms with Gasteiger partial charge in [-0.25, -0.2) is 4.79 Å². The second-order valence-corrected chi connectivity index (χ2v) is 3.33. The molecule has 0 aliphatic heterocycles. The summed E-state index contributed by atoms with van der Waals surface area (Å²) in [6.07, 6.45) is 3.11. The Labute approximate surface area is 99.1 Å². The number of carbonyl (C=O) groups is 2. The van der Waals surface area contributed by atoms with Crippen LogP contribution in [-0.2, 0) is 4.79 Å². The highest BCUT2D eigenvalue weighted by Crippen LogP contribution is 2.09. The van der Waals surface area contributed by atoms with Gasteiger partial charge in [0, 0.05) is 18.3 Å². The molecular weight excluding hydrogens is 220 g/mol. The Morgan fingerprint density at radius 2 is 1.94 bits per heavy atom. The van der Waals surface area contributed by atoms with Crippen molar-refractivity contribution in [3.05, 3.63) is 42.0 Å². The average molecular weight is 234 g/mol. The van der Waals surface area contributed by atoms with Crippen LogP contribution >= 0.6 is 0 Å². The summed E-state index contributed by atoms with van der Waals surface area (Å²) in [6, 6.07) is 5.98. The van der Waals surface area contributed by atoms with Crippen LogP contribution in [0.15, 0.2) is 36.4 Å². The van der Waals surface area contributed by atoms with Crippen molar-refractivity contribution in [2.24, 2.45) is 0 Å².